The number of furan rings is 1. The highest BCUT2D eigenvalue weighted by Gasteiger charge is 2.36. The van der Waals surface area contributed by atoms with Crippen LogP contribution in [0.1, 0.15) is 44.6 Å². The molecule has 2 rings (SSSR count). The molecule has 2 N–H and O–H groups in total. The summed E-state index contributed by atoms with van der Waals surface area (Å²) in [4.78, 5) is 13.7. The van der Waals surface area contributed by atoms with Crippen LogP contribution >= 0.6 is 0 Å². The maximum atomic E-state index is 12.1. The SMILES string of the molecule is CC1CC1c1ccc(CN(C)C(=O)[C@H](N)C(C)C)o1. The van der Waals surface area contributed by atoms with Crippen molar-refractivity contribution in [1.29, 1.82) is 0 Å². The number of hydrogen-bond donors (Lipinski definition) is 1. The van der Waals surface area contributed by atoms with E-state index in [1.54, 1.807) is 11.9 Å². The lowest BCUT2D eigenvalue weighted by Gasteiger charge is -2.22. The fourth-order valence-electron chi connectivity index (χ4n) is 2.25. The van der Waals surface area contributed by atoms with Gasteiger partial charge in [-0.05, 0) is 30.4 Å². The van der Waals surface area contributed by atoms with Crippen molar-refractivity contribution in [2.45, 2.75) is 45.7 Å². The van der Waals surface area contributed by atoms with Crippen LogP contribution in [0.15, 0.2) is 16.5 Å². The summed E-state index contributed by atoms with van der Waals surface area (Å²) in [6, 6.07) is 3.55. The molecule has 19 heavy (non-hydrogen) atoms. The summed E-state index contributed by atoms with van der Waals surface area (Å²) in [5.41, 5.74) is 5.87. The summed E-state index contributed by atoms with van der Waals surface area (Å²) in [7, 11) is 1.77. The Morgan fingerprint density at radius 1 is 1.53 bits per heavy atom. The molecule has 4 heteroatoms. The minimum Gasteiger partial charge on any atom is -0.464 e. The highest BCUT2D eigenvalue weighted by molar-refractivity contribution is 5.81. The Kier molecular flexibility index (Phi) is 3.99. The zero-order valence-corrected chi connectivity index (χ0v) is 12.2. The van der Waals surface area contributed by atoms with E-state index in [0.717, 1.165) is 17.4 Å². The van der Waals surface area contributed by atoms with E-state index in [0.29, 0.717) is 12.5 Å². The van der Waals surface area contributed by atoms with Gasteiger partial charge in [0.1, 0.15) is 11.5 Å². The van der Waals surface area contributed by atoms with Crippen molar-refractivity contribution in [2.75, 3.05) is 7.05 Å². The van der Waals surface area contributed by atoms with Gasteiger partial charge in [-0.25, -0.2) is 0 Å². The third kappa shape index (κ3) is 3.18. The van der Waals surface area contributed by atoms with Crippen molar-refractivity contribution in [2.24, 2.45) is 17.6 Å². The molecule has 0 spiro atoms. The molecular formula is C15H24N2O2. The minimum absolute atomic E-state index is 0.0345. The summed E-state index contributed by atoms with van der Waals surface area (Å²) in [5, 5.41) is 0. The fraction of sp³-hybridized carbons (Fsp3) is 0.667. The molecule has 1 saturated carbocycles. The second-order valence-corrected chi connectivity index (χ2v) is 6.09. The van der Waals surface area contributed by atoms with E-state index in [1.807, 2.05) is 26.0 Å². The van der Waals surface area contributed by atoms with Crippen molar-refractivity contribution in [3.8, 4) is 0 Å². The average Bonchev–Trinajstić information content (AvgIpc) is 2.90. The number of carbonyl (C=O) groups excluding carboxylic acids is 1. The molecule has 2 unspecified atom stereocenters. The molecule has 1 aromatic heterocycles. The first-order valence-electron chi connectivity index (χ1n) is 6.99. The first-order chi connectivity index (χ1) is 8.90. The summed E-state index contributed by atoms with van der Waals surface area (Å²) >= 11 is 0. The largest absolute Gasteiger partial charge is 0.464 e. The van der Waals surface area contributed by atoms with E-state index >= 15 is 0 Å². The van der Waals surface area contributed by atoms with E-state index in [-0.39, 0.29) is 11.8 Å². The van der Waals surface area contributed by atoms with Crippen LogP contribution in [0.4, 0.5) is 0 Å². The normalized spacial score (nSPS) is 23.5. The average molecular weight is 264 g/mol. The van der Waals surface area contributed by atoms with Gasteiger partial charge in [0.2, 0.25) is 5.91 Å². The van der Waals surface area contributed by atoms with E-state index in [1.165, 1.54) is 6.42 Å². The lowest BCUT2D eigenvalue weighted by molar-refractivity contribution is -0.133. The Balaban J connectivity index is 1.93. The van der Waals surface area contributed by atoms with Crippen LogP contribution in [0.25, 0.3) is 0 Å². The van der Waals surface area contributed by atoms with Gasteiger partial charge >= 0.3 is 0 Å². The Morgan fingerprint density at radius 3 is 2.68 bits per heavy atom. The van der Waals surface area contributed by atoms with Crippen molar-refractivity contribution >= 4 is 5.91 Å². The Morgan fingerprint density at radius 2 is 2.16 bits per heavy atom. The smallest absolute Gasteiger partial charge is 0.239 e. The molecule has 3 atom stereocenters. The Bertz CT molecular complexity index is 453. The van der Waals surface area contributed by atoms with Crippen LogP contribution in [-0.2, 0) is 11.3 Å². The van der Waals surface area contributed by atoms with Crippen LogP contribution in [0.2, 0.25) is 0 Å². The molecule has 0 bridgehead atoms. The molecule has 1 aromatic rings. The molecule has 1 amide bonds. The van der Waals surface area contributed by atoms with Gasteiger partial charge in [-0.2, -0.15) is 0 Å². The van der Waals surface area contributed by atoms with Gasteiger partial charge < -0.3 is 15.1 Å². The van der Waals surface area contributed by atoms with Crippen molar-refractivity contribution in [1.82, 2.24) is 4.90 Å². The van der Waals surface area contributed by atoms with Gasteiger partial charge in [-0.3, -0.25) is 4.79 Å². The molecule has 0 saturated heterocycles. The van der Waals surface area contributed by atoms with E-state index in [9.17, 15) is 4.79 Å². The molecule has 0 aromatic carbocycles. The standard InChI is InChI=1S/C15H24N2O2/c1-9(2)14(16)15(18)17(4)8-11-5-6-13(19-11)12-7-10(12)3/h5-6,9-10,12,14H,7-8,16H2,1-4H3/t10?,12?,14-/m1/s1. The third-order valence-corrected chi connectivity index (χ3v) is 3.93. The van der Waals surface area contributed by atoms with Crippen molar-refractivity contribution in [3.05, 3.63) is 23.7 Å². The molecule has 1 aliphatic rings. The highest BCUT2D eigenvalue weighted by atomic mass is 16.3. The predicted molar refractivity (Wildman–Crippen MR) is 74.5 cm³/mol. The maximum absolute atomic E-state index is 12.1. The molecule has 1 aliphatic carbocycles. The van der Waals surface area contributed by atoms with Crippen LogP contribution in [0.3, 0.4) is 0 Å². The first-order valence-corrected chi connectivity index (χ1v) is 6.99. The van der Waals surface area contributed by atoms with Gasteiger partial charge in [-0.15, -0.1) is 0 Å². The molecule has 1 heterocycles. The number of amides is 1. The van der Waals surface area contributed by atoms with Gasteiger partial charge in [0, 0.05) is 13.0 Å². The van der Waals surface area contributed by atoms with Gasteiger partial charge in [-0.1, -0.05) is 20.8 Å². The van der Waals surface area contributed by atoms with Crippen molar-refractivity contribution < 1.29 is 9.21 Å². The maximum Gasteiger partial charge on any atom is 0.239 e. The number of rotatable bonds is 5. The quantitative estimate of drug-likeness (QED) is 0.888. The Labute approximate surface area is 114 Å². The fourth-order valence-corrected chi connectivity index (χ4v) is 2.25. The zero-order chi connectivity index (χ0) is 14.2. The number of nitrogens with zero attached hydrogens (tertiary/aromatic N) is 1. The molecule has 1 fully saturated rings. The van der Waals surface area contributed by atoms with Crippen LogP contribution < -0.4 is 5.73 Å². The summed E-state index contributed by atoms with van der Waals surface area (Å²) in [5.74, 6) is 3.31. The number of nitrogens with two attached hydrogens (primary N) is 1. The predicted octanol–water partition coefficient (Wildman–Crippen LogP) is 2.34. The van der Waals surface area contributed by atoms with Gasteiger partial charge in [0.15, 0.2) is 0 Å². The molecule has 4 nitrogen and oxygen atoms in total. The molecular weight excluding hydrogens is 240 g/mol. The van der Waals surface area contributed by atoms with Gasteiger partial charge in [0.25, 0.3) is 0 Å². The lowest BCUT2D eigenvalue weighted by Crippen LogP contribution is -2.44. The summed E-state index contributed by atoms with van der Waals surface area (Å²) < 4.78 is 5.80. The minimum atomic E-state index is -0.442. The molecule has 0 radical (unpaired) electrons. The number of carbonyl (C=O) groups is 1. The topological polar surface area (TPSA) is 59.5 Å². The van der Waals surface area contributed by atoms with Crippen LogP contribution in [-0.4, -0.2) is 23.9 Å². The monoisotopic (exact) mass is 264 g/mol. The summed E-state index contributed by atoms with van der Waals surface area (Å²) in [6.45, 7) is 6.62. The number of likely N-dealkylation sites (N-methyl/N-ethyl adjacent to an activating group) is 1. The molecule has 106 valence electrons. The van der Waals surface area contributed by atoms with Crippen molar-refractivity contribution in [3.63, 3.8) is 0 Å². The highest BCUT2D eigenvalue weighted by Crippen LogP contribution is 2.47. The lowest BCUT2D eigenvalue weighted by atomic mass is 10.0. The summed E-state index contributed by atoms with van der Waals surface area (Å²) in [6.07, 6.45) is 1.21. The van der Waals surface area contributed by atoms with E-state index in [2.05, 4.69) is 6.92 Å². The van der Waals surface area contributed by atoms with Gasteiger partial charge in [0.05, 0.1) is 12.6 Å². The molecule has 0 aliphatic heterocycles. The Hall–Kier alpha value is -1.29. The van der Waals surface area contributed by atoms with E-state index < -0.39 is 6.04 Å². The first kappa shape index (κ1) is 14.1. The van der Waals surface area contributed by atoms with E-state index in [4.69, 9.17) is 10.2 Å². The second kappa shape index (κ2) is 5.37. The van der Waals surface area contributed by atoms with Crippen LogP contribution in [0.5, 0.6) is 0 Å². The number of hydrogen-bond acceptors (Lipinski definition) is 3. The third-order valence-electron chi connectivity index (χ3n) is 3.93. The second-order valence-electron chi connectivity index (χ2n) is 6.09. The van der Waals surface area contributed by atoms with Crippen LogP contribution in [0, 0.1) is 11.8 Å². The zero-order valence-electron chi connectivity index (χ0n) is 12.2.